The monoisotopic (exact) mass is 319 g/mol. The van der Waals surface area contributed by atoms with E-state index in [1.165, 1.54) is 0 Å². The van der Waals surface area contributed by atoms with Crippen LogP contribution in [0.2, 0.25) is 0 Å². The highest BCUT2D eigenvalue weighted by Gasteiger charge is 2.58. The third-order valence-electron chi connectivity index (χ3n) is 3.34. The number of H-pyrrole nitrogens is 1. The first-order valence-corrected chi connectivity index (χ1v) is 5.99. The van der Waals surface area contributed by atoms with Gasteiger partial charge in [-0.1, -0.05) is 5.11 Å². The molecule has 1 aromatic rings. The average Bonchev–Trinajstić information content (AvgIpc) is 2.73. The van der Waals surface area contributed by atoms with Gasteiger partial charge in [0.25, 0.3) is 5.56 Å². The van der Waals surface area contributed by atoms with E-state index >= 15 is 0 Å². The Hall–Kier alpha value is -2.27. The van der Waals surface area contributed by atoms with Gasteiger partial charge in [0.05, 0.1) is 12.5 Å². The van der Waals surface area contributed by atoms with Crippen molar-refractivity contribution in [3.63, 3.8) is 0 Å². The van der Waals surface area contributed by atoms with Crippen LogP contribution < -0.4 is 11.2 Å². The minimum Gasteiger partial charge on any atom is -0.393 e. The fraction of sp³-hybridized carbons (Fsp3) is 0.600. The summed E-state index contributed by atoms with van der Waals surface area (Å²) in [5.74, 6) is -1.96. The van der Waals surface area contributed by atoms with Gasteiger partial charge < -0.3 is 14.9 Å². The van der Waals surface area contributed by atoms with Crippen LogP contribution in [0.1, 0.15) is 6.23 Å². The predicted octanol–water partition coefficient (Wildman–Crippen LogP) is -0.693. The third kappa shape index (κ3) is 2.48. The van der Waals surface area contributed by atoms with Crippen LogP contribution in [0.3, 0.4) is 0 Å². The van der Waals surface area contributed by atoms with Crippen LogP contribution in [0.4, 0.5) is 8.78 Å². The first kappa shape index (κ1) is 16.1. The topological polar surface area (TPSA) is 153 Å². The second-order valence-electron chi connectivity index (χ2n) is 4.57. The van der Waals surface area contributed by atoms with Crippen molar-refractivity contribution < 1.29 is 23.7 Å². The number of aliphatic hydroxyl groups is 2. The molecule has 12 heteroatoms. The minimum absolute atomic E-state index is 0.617. The first-order valence-electron chi connectivity index (χ1n) is 5.99. The zero-order valence-corrected chi connectivity index (χ0v) is 10.8. The van der Waals surface area contributed by atoms with Crippen molar-refractivity contribution in [3.8, 4) is 0 Å². The molecule has 1 saturated heterocycles. The van der Waals surface area contributed by atoms with Crippen molar-refractivity contribution in [2.45, 2.75) is 24.5 Å². The average molecular weight is 319 g/mol. The Morgan fingerprint density at radius 1 is 1.59 bits per heavy atom. The number of halogens is 2. The van der Waals surface area contributed by atoms with Gasteiger partial charge in [0, 0.05) is 17.2 Å². The summed E-state index contributed by atoms with van der Waals surface area (Å²) in [5.41, 5.74) is 4.31. The Bertz CT molecular complexity index is 714. The number of ether oxygens (including phenoxy) is 1. The van der Waals surface area contributed by atoms with Crippen molar-refractivity contribution >= 4 is 0 Å². The number of rotatable bonds is 4. The lowest BCUT2D eigenvalue weighted by atomic mass is 9.96. The van der Waals surface area contributed by atoms with E-state index in [9.17, 15) is 28.6 Å². The van der Waals surface area contributed by atoms with Gasteiger partial charge in [-0.05, 0) is 5.53 Å². The molecule has 2 heterocycles. The molecular formula is C10H11F2N5O5. The van der Waals surface area contributed by atoms with Crippen LogP contribution in [-0.2, 0) is 4.74 Å². The van der Waals surface area contributed by atoms with E-state index in [-0.39, 0.29) is 0 Å². The highest BCUT2D eigenvalue weighted by molar-refractivity contribution is 5.01. The lowest BCUT2D eigenvalue weighted by Gasteiger charge is -2.24. The second kappa shape index (κ2) is 5.85. The molecule has 0 bridgehead atoms. The number of aromatic amines is 1. The summed E-state index contributed by atoms with van der Waals surface area (Å²) in [4.78, 5) is 26.9. The summed E-state index contributed by atoms with van der Waals surface area (Å²) in [6.07, 6.45) is -6.05. The quantitative estimate of drug-likeness (QED) is 0.380. The lowest BCUT2D eigenvalue weighted by molar-refractivity contribution is -0.125. The maximum atomic E-state index is 13.2. The molecule has 1 aliphatic heterocycles. The van der Waals surface area contributed by atoms with E-state index in [4.69, 9.17) is 10.3 Å². The molecule has 22 heavy (non-hydrogen) atoms. The number of azide groups is 1. The van der Waals surface area contributed by atoms with Gasteiger partial charge in [-0.25, -0.2) is 13.6 Å². The number of nitrogens with one attached hydrogen (secondary N) is 1. The molecule has 1 aromatic heterocycles. The number of aliphatic hydroxyl groups excluding tert-OH is 2. The normalized spacial score (nSPS) is 31.2. The van der Waals surface area contributed by atoms with E-state index in [2.05, 4.69) is 10.0 Å². The van der Waals surface area contributed by atoms with Gasteiger partial charge in [0.2, 0.25) is 6.43 Å². The molecule has 0 spiro atoms. The maximum Gasteiger partial charge on any atom is 0.330 e. The van der Waals surface area contributed by atoms with Gasteiger partial charge in [-0.3, -0.25) is 14.3 Å². The third-order valence-corrected chi connectivity index (χ3v) is 3.34. The maximum absolute atomic E-state index is 13.2. The number of hydrogen-bond donors (Lipinski definition) is 3. The molecule has 1 fully saturated rings. The molecule has 0 aliphatic carbocycles. The molecule has 120 valence electrons. The van der Waals surface area contributed by atoms with Crippen LogP contribution in [-0.4, -0.2) is 44.6 Å². The molecule has 0 amide bonds. The van der Waals surface area contributed by atoms with Gasteiger partial charge in [0.1, 0.15) is 12.3 Å². The van der Waals surface area contributed by atoms with Crippen LogP contribution in [0.15, 0.2) is 27.0 Å². The van der Waals surface area contributed by atoms with E-state index in [0.717, 1.165) is 12.3 Å². The molecule has 0 saturated carbocycles. The number of nitrogens with zero attached hydrogens (tertiary/aromatic N) is 4. The number of hydrogen-bond acceptors (Lipinski definition) is 6. The lowest BCUT2D eigenvalue weighted by Crippen LogP contribution is -2.44. The Labute approximate surface area is 120 Å². The van der Waals surface area contributed by atoms with Crippen molar-refractivity contribution in [1.29, 1.82) is 0 Å². The highest BCUT2D eigenvalue weighted by Crippen LogP contribution is 2.44. The molecule has 3 N–H and O–H groups in total. The first-order chi connectivity index (χ1) is 10.4. The van der Waals surface area contributed by atoms with Gasteiger partial charge in [0.15, 0.2) is 5.72 Å². The fourth-order valence-corrected chi connectivity index (χ4v) is 2.27. The van der Waals surface area contributed by atoms with Crippen molar-refractivity contribution in [2.24, 2.45) is 11.0 Å². The zero-order chi connectivity index (χ0) is 16.5. The summed E-state index contributed by atoms with van der Waals surface area (Å²) in [6.45, 7) is -1.07. The van der Waals surface area contributed by atoms with Crippen molar-refractivity contribution in [2.75, 3.05) is 6.61 Å². The Morgan fingerprint density at radius 2 is 2.27 bits per heavy atom. The standard InChI is InChI=1S/C10H11F2N5O5/c11-7(12)5-6(20)10(3-18,15-16-13)22-8(5)17-2-1-4(19)14-9(17)21/h1-2,5-8,18,20H,3H2,(H,14,19,21)/t5-,6+,8-,10?/m1/s1. The minimum atomic E-state index is -3.15. The van der Waals surface area contributed by atoms with E-state index < -0.39 is 48.3 Å². The predicted molar refractivity (Wildman–Crippen MR) is 65.9 cm³/mol. The second-order valence-corrected chi connectivity index (χ2v) is 4.57. The van der Waals surface area contributed by atoms with Crippen LogP contribution in [0.25, 0.3) is 10.4 Å². The Morgan fingerprint density at radius 3 is 2.77 bits per heavy atom. The van der Waals surface area contributed by atoms with Crippen LogP contribution in [0.5, 0.6) is 0 Å². The van der Waals surface area contributed by atoms with Crippen molar-refractivity contribution in [1.82, 2.24) is 9.55 Å². The van der Waals surface area contributed by atoms with Crippen molar-refractivity contribution in [3.05, 3.63) is 43.5 Å². The number of aromatic nitrogens is 2. The zero-order valence-electron chi connectivity index (χ0n) is 10.8. The molecule has 0 radical (unpaired) electrons. The van der Waals surface area contributed by atoms with Crippen LogP contribution >= 0.6 is 0 Å². The Balaban J connectivity index is 2.56. The molecule has 1 unspecified atom stereocenters. The summed E-state index contributed by atoms with van der Waals surface area (Å²) >= 11 is 0. The molecule has 10 nitrogen and oxygen atoms in total. The fourth-order valence-electron chi connectivity index (χ4n) is 2.27. The summed E-state index contributed by atoms with van der Waals surface area (Å²) in [7, 11) is 0. The molecule has 1 aliphatic rings. The van der Waals surface area contributed by atoms with Gasteiger partial charge in [-0.15, -0.1) is 0 Å². The summed E-state index contributed by atoms with van der Waals surface area (Å²) in [5, 5.41) is 22.3. The Kier molecular flexibility index (Phi) is 4.28. The summed E-state index contributed by atoms with van der Waals surface area (Å²) < 4.78 is 32.1. The summed E-state index contributed by atoms with van der Waals surface area (Å²) in [6, 6.07) is 0.895. The molecular weight excluding hydrogens is 308 g/mol. The van der Waals surface area contributed by atoms with E-state index in [1.807, 2.05) is 4.98 Å². The smallest absolute Gasteiger partial charge is 0.330 e. The van der Waals surface area contributed by atoms with Gasteiger partial charge in [-0.2, -0.15) is 0 Å². The SMILES string of the molecule is [N-]=[N+]=NC1(CO)O[C@@H](n2ccc(=O)[nH]c2=O)[C@@H](C(F)F)[C@@H]1O. The molecule has 4 atom stereocenters. The molecule has 0 aromatic carbocycles. The van der Waals surface area contributed by atoms with E-state index in [0.29, 0.717) is 4.57 Å². The number of alkyl halides is 2. The van der Waals surface area contributed by atoms with Gasteiger partial charge >= 0.3 is 5.69 Å². The highest BCUT2D eigenvalue weighted by atomic mass is 19.3. The largest absolute Gasteiger partial charge is 0.393 e. The van der Waals surface area contributed by atoms with Crippen LogP contribution in [0, 0.1) is 5.92 Å². The van der Waals surface area contributed by atoms with E-state index in [1.54, 1.807) is 0 Å². The molecule has 2 rings (SSSR count).